The van der Waals surface area contributed by atoms with E-state index in [1.54, 1.807) is 12.1 Å². The number of nitro groups is 1. The highest BCUT2D eigenvalue weighted by Crippen LogP contribution is 2.36. The molecule has 2 aromatic heterocycles. The van der Waals surface area contributed by atoms with E-state index in [-0.39, 0.29) is 18.1 Å². The number of fused-ring (bicyclic) bond motifs is 2. The van der Waals surface area contributed by atoms with Gasteiger partial charge in [-0.2, -0.15) is 0 Å². The number of rotatable bonds is 8. The average Bonchev–Trinajstić information content (AvgIpc) is 3.24. The number of allylic oxidation sites excluding steroid dienone is 1. The minimum absolute atomic E-state index is 0.0298. The lowest BCUT2D eigenvalue weighted by molar-refractivity contribution is -0.384. The lowest BCUT2D eigenvalue weighted by atomic mass is 9.86. The van der Waals surface area contributed by atoms with E-state index in [0.29, 0.717) is 28.5 Å². The Hall–Kier alpha value is -4.59. The molecule has 5 rings (SSSR count). The van der Waals surface area contributed by atoms with Gasteiger partial charge in [0.25, 0.3) is 5.69 Å². The van der Waals surface area contributed by atoms with Crippen LogP contribution in [-0.4, -0.2) is 32.8 Å². The van der Waals surface area contributed by atoms with Crippen LogP contribution in [0.1, 0.15) is 75.1 Å². The first-order chi connectivity index (χ1) is 19.3. The van der Waals surface area contributed by atoms with Gasteiger partial charge >= 0.3 is 5.97 Å². The minimum Gasteiger partial charge on any atom is -0.454 e. The van der Waals surface area contributed by atoms with Crippen LogP contribution in [0.5, 0.6) is 0 Å². The third kappa shape index (κ3) is 5.17. The molecule has 2 aromatic carbocycles. The molecule has 0 saturated carbocycles. The first kappa shape index (κ1) is 27.0. The van der Waals surface area contributed by atoms with E-state index in [9.17, 15) is 19.7 Å². The van der Waals surface area contributed by atoms with Gasteiger partial charge in [0.1, 0.15) is 0 Å². The molecule has 4 aromatic rings. The number of pyridine rings is 1. The molecule has 0 atom stereocenters. The van der Waals surface area contributed by atoms with Crippen molar-refractivity contribution in [1.29, 1.82) is 0 Å². The topological polar surface area (TPSA) is 104 Å². The fourth-order valence-corrected chi connectivity index (χ4v) is 5.53. The first-order valence-corrected chi connectivity index (χ1v) is 13.5. The van der Waals surface area contributed by atoms with Gasteiger partial charge in [0.15, 0.2) is 6.61 Å². The van der Waals surface area contributed by atoms with E-state index in [0.717, 1.165) is 59.6 Å². The van der Waals surface area contributed by atoms with Crippen LogP contribution in [0.2, 0.25) is 0 Å². The summed E-state index contributed by atoms with van der Waals surface area (Å²) in [6.45, 7) is 6.47. The Morgan fingerprint density at radius 3 is 2.58 bits per heavy atom. The van der Waals surface area contributed by atoms with Gasteiger partial charge in [0, 0.05) is 41.0 Å². The number of aromatic nitrogens is 2. The number of esters is 1. The van der Waals surface area contributed by atoms with Gasteiger partial charge in [-0.25, -0.2) is 9.78 Å². The SMILES string of the molecule is CCCn1c(C)cc(C(=O)COC(=O)c2c3c(nc4ccccc24)C(=Cc2ccc([N+](=O)[O-])cc2)CCC3)c1C. The Labute approximate surface area is 232 Å². The number of carbonyl (C=O) groups is 2. The molecule has 0 bridgehead atoms. The summed E-state index contributed by atoms with van der Waals surface area (Å²) in [7, 11) is 0. The van der Waals surface area contributed by atoms with E-state index in [1.807, 2.05) is 50.3 Å². The fraction of sp³-hybridized carbons (Fsp3) is 0.281. The normalized spacial score (nSPS) is 13.8. The summed E-state index contributed by atoms with van der Waals surface area (Å²) in [6, 6.07) is 15.7. The van der Waals surface area contributed by atoms with E-state index < -0.39 is 10.9 Å². The predicted octanol–water partition coefficient (Wildman–Crippen LogP) is 6.89. The summed E-state index contributed by atoms with van der Waals surface area (Å²) in [5.74, 6) is -0.767. The summed E-state index contributed by atoms with van der Waals surface area (Å²) in [6.07, 6.45) is 5.15. The highest BCUT2D eigenvalue weighted by atomic mass is 16.6. The summed E-state index contributed by atoms with van der Waals surface area (Å²) >= 11 is 0. The standard InChI is InChI=1S/C32H31N3O5/c1-4-16-34-20(2)17-27(21(34)3)29(36)19-40-32(37)30-25-9-5-6-11-28(25)33-31-23(8-7-10-26(30)31)18-22-12-14-24(15-13-22)35(38)39/h5-6,9,11-15,17-18H,4,7-8,10,16,19H2,1-3H3. The second kappa shape index (κ2) is 11.3. The number of hydrogen-bond donors (Lipinski definition) is 0. The molecule has 0 radical (unpaired) electrons. The molecular weight excluding hydrogens is 506 g/mol. The number of aryl methyl sites for hydroxylation is 1. The molecule has 1 aliphatic carbocycles. The number of nitro benzene ring substituents is 1. The van der Waals surface area contributed by atoms with Crippen LogP contribution in [0.4, 0.5) is 5.69 Å². The maximum atomic E-state index is 13.6. The Balaban J connectivity index is 1.48. The van der Waals surface area contributed by atoms with Crippen LogP contribution in [0.15, 0.2) is 54.6 Å². The predicted molar refractivity (Wildman–Crippen MR) is 154 cm³/mol. The van der Waals surface area contributed by atoms with E-state index >= 15 is 0 Å². The fourth-order valence-electron chi connectivity index (χ4n) is 5.53. The van der Waals surface area contributed by atoms with Crippen LogP contribution in [0.25, 0.3) is 22.6 Å². The first-order valence-electron chi connectivity index (χ1n) is 13.5. The second-order valence-corrected chi connectivity index (χ2v) is 10.1. The van der Waals surface area contributed by atoms with Gasteiger partial charge in [-0.15, -0.1) is 0 Å². The third-order valence-corrected chi connectivity index (χ3v) is 7.47. The average molecular weight is 538 g/mol. The highest BCUT2D eigenvalue weighted by molar-refractivity contribution is 6.08. The number of Topliss-reactive ketones (excluding diaryl/α,β-unsaturated/α-hetero) is 1. The quantitative estimate of drug-likeness (QED) is 0.105. The van der Waals surface area contributed by atoms with Crippen molar-refractivity contribution in [1.82, 2.24) is 9.55 Å². The zero-order valence-electron chi connectivity index (χ0n) is 22.9. The minimum atomic E-state index is -0.540. The molecule has 0 unspecified atom stereocenters. The van der Waals surface area contributed by atoms with Crippen molar-refractivity contribution < 1.29 is 19.2 Å². The third-order valence-electron chi connectivity index (χ3n) is 7.47. The van der Waals surface area contributed by atoms with Crippen molar-refractivity contribution in [2.75, 3.05) is 6.61 Å². The van der Waals surface area contributed by atoms with Crippen LogP contribution < -0.4 is 0 Å². The molecule has 204 valence electrons. The number of hydrogen-bond acceptors (Lipinski definition) is 6. The molecule has 1 aliphatic rings. The maximum Gasteiger partial charge on any atom is 0.339 e. The maximum absolute atomic E-state index is 13.6. The molecule has 0 aliphatic heterocycles. The van der Waals surface area contributed by atoms with Gasteiger partial charge in [0.2, 0.25) is 5.78 Å². The summed E-state index contributed by atoms with van der Waals surface area (Å²) in [5.41, 5.74) is 6.91. The highest BCUT2D eigenvalue weighted by Gasteiger charge is 2.27. The largest absolute Gasteiger partial charge is 0.454 e. The number of nitrogens with zero attached hydrogens (tertiary/aromatic N) is 3. The van der Waals surface area contributed by atoms with Gasteiger partial charge in [-0.05, 0) is 86.6 Å². The number of non-ortho nitro benzene ring substituents is 1. The summed E-state index contributed by atoms with van der Waals surface area (Å²) < 4.78 is 7.77. The monoisotopic (exact) mass is 537 g/mol. The summed E-state index contributed by atoms with van der Waals surface area (Å²) in [4.78, 5) is 42.2. The molecule has 0 N–H and O–H groups in total. The number of benzene rings is 2. The molecule has 40 heavy (non-hydrogen) atoms. The van der Waals surface area contributed by atoms with E-state index in [2.05, 4.69) is 11.5 Å². The second-order valence-electron chi connectivity index (χ2n) is 10.1. The zero-order valence-corrected chi connectivity index (χ0v) is 22.9. The Bertz CT molecular complexity index is 1660. The summed E-state index contributed by atoms with van der Waals surface area (Å²) in [5, 5.41) is 11.7. The Kier molecular flexibility index (Phi) is 7.60. The zero-order chi connectivity index (χ0) is 28.4. The number of para-hydroxylation sites is 1. The van der Waals surface area contributed by atoms with E-state index in [1.165, 1.54) is 12.1 Å². The van der Waals surface area contributed by atoms with Crippen LogP contribution >= 0.6 is 0 Å². The Morgan fingerprint density at radius 1 is 1.10 bits per heavy atom. The Morgan fingerprint density at radius 2 is 1.85 bits per heavy atom. The lowest BCUT2D eigenvalue weighted by Gasteiger charge is -2.22. The number of carbonyl (C=O) groups excluding carboxylic acids is 2. The molecule has 8 nitrogen and oxygen atoms in total. The molecule has 8 heteroatoms. The number of ether oxygens (including phenoxy) is 1. The van der Waals surface area contributed by atoms with Gasteiger partial charge in [0.05, 0.1) is 21.7 Å². The smallest absolute Gasteiger partial charge is 0.339 e. The van der Waals surface area contributed by atoms with Crippen LogP contribution in [-0.2, 0) is 17.7 Å². The van der Waals surface area contributed by atoms with Crippen molar-refractivity contribution >= 4 is 40.0 Å². The van der Waals surface area contributed by atoms with Crippen molar-refractivity contribution in [2.45, 2.75) is 53.0 Å². The van der Waals surface area contributed by atoms with Crippen molar-refractivity contribution in [3.8, 4) is 0 Å². The van der Waals surface area contributed by atoms with Crippen molar-refractivity contribution in [3.63, 3.8) is 0 Å². The van der Waals surface area contributed by atoms with E-state index in [4.69, 9.17) is 9.72 Å². The molecule has 0 fully saturated rings. The molecule has 0 spiro atoms. The van der Waals surface area contributed by atoms with Crippen LogP contribution in [0, 0.1) is 24.0 Å². The molecule has 2 heterocycles. The number of ketones is 1. The molecule has 0 saturated heterocycles. The molecular formula is C32H31N3O5. The van der Waals surface area contributed by atoms with Gasteiger partial charge in [-0.1, -0.05) is 25.1 Å². The van der Waals surface area contributed by atoms with Gasteiger partial charge < -0.3 is 9.30 Å². The van der Waals surface area contributed by atoms with Crippen molar-refractivity contribution in [2.24, 2.45) is 0 Å². The van der Waals surface area contributed by atoms with Crippen molar-refractivity contribution in [3.05, 3.63) is 104 Å². The molecule has 0 amide bonds. The van der Waals surface area contributed by atoms with Crippen LogP contribution in [0.3, 0.4) is 0 Å². The van der Waals surface area contributed by atoms with Gasteiger partial charge in [-0.3, -0.25) is 14.9 Å². The lowest BCUT2D eigenvalue weighted by Crippen LogP contribution is -2.19.